The largest absolute Gasteiger partial charge is 0.380 e. The average molecular weight is 282 g/mol. The zero-order valence-electron chi connectivity index (χ0n) is 12.4. The van der Waals surface area contributed by atoms with E-state index in [-0.39, 0.29) is 0 Å². The van der Waals surface area contributed by atoms with Crippen molar-refractivity contribution in [1.29, 1.82) is 0 Å². The van der Waals surface area contributed by atoms with Crippen LogP contribution in [0.3, 0.4) is 0 Å². The lowest BCUT2D eigenvalue weighted by Crippen LogP contribution is -2.16. The Morgan fingerprint density at radius 1 is 1.14 bits per heavy atom. The number of nitrogens with one attached hydrogen (secondary N) is 2. The fourth-order valence-electron chi connectivity index (χ4n) is 2.94. The molecule has 3 nitrogen and oxygen atoms in total. The molecule has 0 bridgehead atoms. The summed E-state index contributed by atoms with van der Waals surface area (Å²) in [6.45, 7) is 2.61. The normalized spacial score (nSPS) is 17.9. The van der Waals surface area contributed by atoms with Gasteiger partial charge in [-0.1, -0.05) is 42.5 Å². The van der Waals surface area contributed by atoms with Gasteiger partial charge in [0, 0.05) is 24.9 Å². The number of ether oxygens (including phenoxy) is 1. The van der Waals surface area contributed by atoms with Crippen molar-refractivity contribution in [3.8, 4) is 0 Å². The molecule has 0 radical (unpaired) electrons. The number of rotatable bonds is 4. The van der Waals surface area contributed by atoms with Crippen LogP contribution in [-0.4, -0.2) is 13.7 Å². The zero-order valence-corrected chi connectivity index (χ0v) is 12.4. The molecule has 1 heterocycles. The number of anilines is 1. The number of methoxy groups -OCH3 is 1. The van der Waals surface area contributed by atoms with E-state index in [0.29, 0.717) is 12.6 Å². The summed E-state index contributed by atoms with van der Waals surface area (Å²) in [5.41, 5.74) is 5.15. The van der Waals surface area contributed by atoms with Gasteiger partial charge in [-0.3, -0.25) is 0 Å². The average Bonchev–Trinajstić information content (AvgIpc) is 2.72. The maximum atomic E-state index is 5.30. The second kappa shape index (κ2) is 6.74. The van der Waals surface area contributed by atoms with E-state index in [1.54, 1.807) is 7.11 Å². The van der Waals surface area contributed by atoms with Gasteiger partial charge < -0.3 is 15.4 Å². The third kappa shape index (κ3) is 3.26. The van der Waals surface area contributed by atoms with Gasteiger partial charge in [-0.25, -0.2) is 0 Å². The highest BCUT2D eigenvalue weighted by molar-refractivity contribution is 5.53. The lowest BCUT2D eigenvalue weighted by molar-refractivity contribution is 0.185. The van der Waals surface area contributed by atoms with Crippen LogP contribution >= 0.6 is 0 Å². The highest BCUT2D eigenvalue weighted by Crippen LogP contribution is 2.29. The van der Waals surface area contributed by atoms with Crippen LogP contribution in [0.25, 0.3) is 0 Å². The summed E-state index contributed by atoms with van der Waals surface area (Å²) in [7, 11) is 1.74. The van der Waals surface area contributed by atoms with E-state index in [1.165, 1.54) is 22.4 Å². The van der Waals surface area contributed by atoms with Crippen molar-refractivity contribution in [3.05, 3.63) is 65.2 Å². The monoisotopic (exact) mass is 282 g/mol. The molecule has 0 saturated carbocycles. The van der Waals surface area contributed by atoms with E-state index >= 15 is 0 Å². The molecule has 3 rings (SSSR count). The standard InChI is InChI=1S/C18H22N2O/c1-21-13-15-7-3-5-9-17(15)20-18-10-11-19-12-14-6-2-4-8-16(14)18/h2-9,18-20H,10-13H2,1H3. The molecule has 1 unspecified atom stereocenters. The molecule has 3 heteroatoms. The van der Waals surface area contributed by atoms with Gasteiger partial charge >= 0.3 is 0 Å². The van der Waals surface area contributed by atoms with Crippen molar-refractivity contribution in [2.24, 2.45) is 0 Å². The molecule has 110 valence electrons. The lowest BCUT2D eigenvalue weighted by Gasteiger charge is -2.22. The van der Waals surface area contributed by atoms with Gasteiger partial charge in [-0.2, -0.15) is 0 Å². The minimum Gasteiger partial charge on any atom is -0.380 e. The Balaban J connectivity index is 1.88. The Hall–Kier alpha value is -1.84. The van der Waals surface area contributed by atoms with Crippen LogP contribution in [0, 0.1) is 0 Å². The van der Waals surface area contributed by atoms with E-state index in [9.17, 15) is 0 Å². The first kappa shape index (κ1) is 14.1. The molecule has 1 atom stereocenters. The first-order valence-electron chi connectivity index (χ1n) is 7.50. The number of hydrogen-bond acceptors (Lipinski definition) is 3. The number of benzene rings is 2. The number of hydrogen-bond donors (Lipinski definition) is 2. The predicted molar refractivity (Wildman–Crippen MR) is 86.3 cm³/mol. The minimum atomic E-state index is 0.342. The maximum Gasteiger partial charge on any atom is 0.0733 e. The van der Waals surface area contributed by atoms with Crippen LogP contribution in [-0.2, 0) is 17.9 Å². The van der Waals surface area contributed by atoms with Gasteiger partial charge in [0.1, 0.15) is 0 Å². The van der Waals surface area contributed by atoms with Crippen LogP contribution in [0.4, 0.5) is 5.69 Å². The second-order valence-corrected chi connectivity index (χ2v) is 5.45. The molecule has 0 spiro atoms. The van der Waals surface area contributed by atoms with Gasteiger partial charge in [-0.15, -0.1) is 0 Å². The Morgan fingerprint density at radius 3 is 2.86 bits per heavy atom. The first-order valence-corrected chi connectivity index (χ1v) is 7.50. The van der Waals surface area contributed by atoms with E-state index in [1.807, 2.05) is 0 Å². The van der Waals surface area contributed by atoms with E-state index in [0.717, 1.165) is 19.5 Å². The Morgan fingerprint density at radius 2 is 1.95 bits per heavy atom. The zero-order chi connectivity index (χ0) is 14.5. The minimum absolute atomic E-state index is 0.342. The molecule has 0 fully saturated rings. The van der Waals surface area contributed by atoms with Crippen LogP contribution in [0.1, 0.15) is 29.2 Å². The Bertz CT molecular complexity index is 597. The SMILES string of the molecule is COCc1ccccc1NC1CCNCc2ccccc21. The summed E-state index contributed by atoms with van der Waals surface area (Å²) in [6.07, 6.45) is 1.08. The van der Waals surface area contributed by atoms with E-state index in [4.69, 9.17) is 4.74 Å². The van der Waals surface area contributed by atoms with Gasteiger partial charge in [0.15, 0.2) is 0 Å². The summed E-state index contributed by atoms with van der Waals surface area (Å²) in [6, 6.07) is 17.4. The topological polar surface area (TPSA) is 33.3 Å². The summed E-state index contributed by atoms with van der Waals surface area (Å²) in [5, 5.41) is 7.20. The van der Waals surface area contributed by atoms with Crippen molar-refractivity contribution < 1.29 is 4.74 Å². The first-order chi connectivity index (χ1) is 10.4. The van der Waals surface area contributed by atoms with Crippen LogP contribution < -0.4 is 10.6 Å². The number of para-hydroxylation sites is 1. The van der Waals surface area contributed by atoms with Crippen molar-refractivity contribution in [2.45, 2.75) is 25.6 Å². The van der Waals surface area contributed by atoms with Crippen molar-refractivity contribution in [1.82, 2.24) is 5.32 Å². The van der Waals surface area contributed by atoms with Crippen LogP contribution in [0.5, 0.6) is 0 Å². The fraction of sp³-hybridized carbons (Fsp3) is 0.333. The highest BCUT2D eigenvalue weighted by atomic mass is 16.5. The molecule has 0 aliphatic carbocycles. The maximum absolute atomic E-state index is 5.30. The van der Waals surface area contributed by atoms with E-state index in [2.05, 4.69) is 59.2 Å². The number of fused-ring (bicyclic) bond motifs is 1. The van der Waals surface area contributed by atoms with Crippen LogP contribution in [0.2, 0.25) is 0 Å². The summed E-state index contributed by atoms with van der Waals surface area (Å²) in [5.74, 6) is 0. The highest BCUT2D eigenvalue weighted by Gasteiger charge is 2.18. The summed E-state index contributed by atoms with van der Waals surface area (Å²) >= 11 is 0. The molecule has 2 N–H and O–H groups in total. The van der Waals surface area contributed by atoms with Gasteiger partial charge in [0.05, 0.1) is 12.6 Å². The second-order valence-electron chi connectivity index (χ2n) is 5.45. The summed E-state index contributed by atoms with van der Waals surface area (Å²) in [4.78, 5) is 0. The molecular weight excluding hydrogens is 260 g/mol. The molecule has 0 aromatic heterocycles. The van der Waals surface area contributed by atoms with E-state index < -0.39 is 0 Å². The fourth-order valence-corrected chi connectivity index (χ4v) is 2.94. The molecule has 1 aliphatic heterocycles. The quantitative estimate of drug-likeness (QED) is 0.900. The van der Waals surface area contributed by atoms with Crippen molar-refractivity contribution >= 4 is 5.69 Å². The Labute approximate surface area is 126 Å². The Kier molecular flexibility index (Phi) is 4.53. The predicted octanol–water partition coefficient (Wildman–Crippen LogP) is 3.48. The van der Waals surface area contributed by atoms with Crippen molar-refractivity contribution in [3.63, 3.8) is 0 Å². The van der Waals surface area contributed by atoms with Gasteiger partial charge in [-0.05, 0) is 30.2 Å². The third-order valence-corrected chi connectivity index (χ3v) is 4.00. The molecule has 21 heavy (non-hydrogen) atoms. The molecule has 0 amide bonds. The lowest BCUT2D eigenvalue weighted by atomic mass is 9.98. The smallest absolute Gasteiger partial charge is 0.0733 e. The van der Waals surface area contributed by atoms with Gasteiger partial charge in [0.2, 0.25) is 0 Å². The third-order valence-electron chi connectivity index (χ3n) is 4.00. The van der Waals surface area contributed by atoms with Crippen LogP contribution in [0.15, 0.2) is 48.5 Å². The summed E-state index contributed by atoms with van der Waals surface area (Å²) < 4.78 is 5.30. The van der Waals surface area contributed by atoms with Gasteiger partial charge in [0.25, 0.3) is 0 Å². The molecule has 0 saturated heterocycles. The molecule has 1 aliphatic rings. The molecule has 2 aromatic rings. The van der Waals surface area contributed by atoms with Crippen molar-refractivity contribution in [2.75, 3.05) is 19.0 Å². The molecular formula is C18H22N2O. The molecule has 2 aromatic carbocycles.